The smallest absolute Gasteiger partial charge is 0.220 e. The molecule has 0 radical (unpaired) electrons. The van der Waals surface area contributed by atoms with Crippen LogP contribution in [0.2, 0.25) is 0 Å². The van der Waals surface area contributed by atoms with E-state index in [4.69, 9.17) is 28.4 Å². The first-order valence-corrected chi connectivity index (χ1v) is 34.5. The van der Waals surface area contributed by atoms with E-state index < -0.39 is 124 Å². The summed E-state index contributed by atoms with van der Waals surface area (Å²) in [6.45, 7) is 1.63. The Morgan fingerprint density at radius 1 is 0.409 bits per heavy atom. The Balaban J connectivity index is 1.42. The van der Waals surface area contributed by atoms with Crippen LogP contribution in [0.3, 0.4) is 0 Å². The van der Waals surface area contributed by atoms with Crippen LogP contribution in [0.4, 0.5) is 0 Å². The normalized spacial score (nSPS) is 28.8. The molecule has 17 atom stereocenters. The number of aliphatic hydroxyl groups excluding tert-OH is 11. The molecule has 3 saturated heterocycles. The Labute approximate surface area is 528 Å². The average molecular weight is 1250 g/mol. The Bertz CT molecular complexity index is 1830. The standard InChI is InChI=1S/C69H123NO18/c1-3-5-7-9-11-13-15-17-18-19-20-21-22-23-24-25-26-27-28-29-30-31-32-33-35-36-38-40-42-44-46-53(74)52(70-57(75)47-45-43-41-39-37-34-16-14-12-10-8-6-4-2)51-83-67-63(81)60(78)65(55(49-72)85-67)88-69-64(82)61(79)66(56(50-73)86-69)87-68-62(80)59(77)58(76)54(48-71)84-68/h8,10,14,16,31-32,36,38,44,46,52-56,58-69,71-74,76-82H,3-7,9,11-13,15,17-30,33-35,37,39-43,45,47-51H2,1-2H3,(H,70,75)/b10-8-,16-14-,32-31+,38-36+,46-44+. The van der Waals surface area contributed by atoms with Crippen LogP contribution in [0.5, 0.6) is 0 Å². The lowest BCUT2D eigenvalue weighted by atomic mass is 9.96. The number of hydrogen-bond acceptors (Lipinski definition) is 18. The fourth-order valence-electron chi connectivity index (χ4n) is 11.4. The maximum absolute atomic E-state index is 13.3. The summed E-state index contributed by atoms with van der Waals surface area (Å²) in [6, 6.07) is -1.01. The van der Waals surface area contributed by atoms with Gasteiger partial charge in [0.25, 0.3) is 0 Å². The molecule has 0 aromatic rings. The van der Waals surface area contributed by atoms with Crippen molar-refractivity contribution in [3.63, 3.8) is 0 Å². The molecule has 3 aliphatic heterocycles. The molecule has 17 unspecified atom stereocenters. The van der Waals surface area contributed by atoms with Crippen LogP contribution in [-0.4, -0.2) is 193 Å². The minimum Gasteiger partial charge on any atom is -0.394 e. The number of allylic oxidation sites excluding steroid dienone is 9. The van der Waals surface area contributed by atoms with Gasteiger partial charge in [-0.25, -0.2) is 0 Å². The van der Waals surface area contributed by atoms with Gasteiger partial charge < -0.3 is 89.9 Å². The molecule has 88 heavy (non-hydrogen) atoms. The predicted octanol–water partition coefficient (Wildman–Crippen LogP) is 8.77. The Kier molecular flexibility index (Phi) is 46.2. The van der Waals surface area contributed by atoms with Crippen molar-refractivity contribution in [3.05, 3.63) is 60.8 Å². The van der Waals surface area contributed by atoms with Crippen LogP contribution in [0.1, 0.15) is 239 Å². The SMILES string of the molecule is CCC/C=C\C/C=C\CCCCCCCC(=O)NC(COC1OC(CO)C(OC2OC(CO)C(OC3OC(CO)C(O)C(O)C3O)C(O)C2O)C(O)C1O)C(O)/C=C/CC/C=C/CC/C=C/CCCCCCCCCCCCCCCCCCCCCC. The van der Waals surface area contributed by atoms with Gasteiger partial charge in [0, 0.05) is 6.42 Å². The van der Waals surface area contributed by atoms with Gasteiger partial charge in [0.1, 0.15) is 73.2 Å². The van der Waals surface area contributed by atoms with E-state index in [0.29, 0.717) is 12.8 Å². The third-order valence-corrected chi connectivity index (χ3v) is 17.0. The van der Waals surface area contributed by atoms with Gasteiger partial charge in [-0.3, -0.25) is 4.79 Å². The molecule has 12 N–H and O–H groups in total. The fraction of sp³-hybridized carbons (Fsp3) is 0.841. The van der Waals surface area contributed by atoms with Crippen molar-refractivity contribution in [2.24, 2.45) is 0 Å². The molecule has 1 amide bonds. The number of unbranched alkanes of at least 4 members (excludes halogenated alkanes) is 28. The van der Waals surface area contributed by atoms with E-state index in [-0.39, 0.29) is 18.9 Å². The van der Waals surface area contributed by atoms with Crippen LogP contribution < -0.4 is 5.32 Å². The maximum Gasteiger partial charge on any atom is 0.220 e. The minimum atomic E-state index is -1.99. The first-order valence-electron chi connectivity index (χ1n) is 34.5. The lowest BCUT2D eigenvalue weighted by Gasteiger charge is -2.48. The van der Waals surface area contributed by atoms with Crippen LogP contribution in [0.25, 0.3) is 0 Å². The van der Waals surface area contributed by atoms with E-state index >= 15 is 0 Å². The van der Waals surface area contributed by atoms with Crippen LogP contribution in [0, 0.1) is 0 Å². The molecule has 0 aromatic heterocycles. The predicted molar refractivity (Wildman–Crippen MR) is 342 cm³/mol. The van der Waals surface area contributed by atoms with Crippen LogP contribution >= 0.6 is 0 Å². The molecule has 0 bridgehead atoms. The molecular weight excluding hydrogens is 1130 g/mol. The second-order valence-electron chi connectivity index (χ2n) is 24.6. The van der Waals surface area contributed by atoms with Crippen molar-refractivity contribution in [2.75, 3.05) is 26.4 Å². The van der Waals surface area contributed by atoms with Crippen molar-refractivity contribution < 1.29 is 89.4 Å². The molecule has 512 valence electrons. The molecule has 19 heteroatoms. The molecule has 19 nitrogen and oxygen atoms in total. The van der Waals surface area contributed by atoms with Gasteiger partial charge in [0.15, 0.2) is 18.9 Å². The fourth-order valence-corrected chi connectivity index (χ4v) is 11.4. The quantitative estimate of drug-likeness (QED) is 0.0200. The van der Waals surface area contributed by atoms with Crippen LogP contribution in [0.15, 0.2) is 60.8 Å². The Morgan fingerprint density at radius 3 is 1.25 bits per heavy atom. The number of carbonyl (C=O) groups is 1. The summed E-state index contributed by atoms with van der Waals surface area (Å²) >= 11 is 0. The summed E-state index contributed by atoms with van der Waals surface area (Å²) < 4.78 is 34.3. The number of ether oxygens (including phenoxy) is 6. The van der Waals surface area contributed by atoms with Crippen molar-refractivity contribution in [1.82, 2.24) is 5.32 Å². The van der Waals surface area contributed by atoms with E-state index in [2.05, 4.69) is 67.8 Å². The van der Waals surface area contributed by atoms with E-state index in [0.717, 1.165) is 77.0 Å². The van der Waals surface area contributed by atoms with E-state index in [9.17, 15) is 61.0 Å². The number of aliphatic hydroxyl groups is 11. The topological polar surface area (TPSA) is 307 Å². The number of nitrogens with one attached hydrogen (secondary N) is 1. The van der Waals surface area contributed by atoms with Gasteiger partial charge in [0.2, 0.25) is 5.91 Å². The number of amides is 1. The first-order chi connectivity index (χ1) is 42.8. The highest BCUT2D eigenvalue weighted by Crippen LogP contribution is 2.33. The van der Waals surface area contributed by atoms with Crippen molar-refractivity contribution in [2.45, 2.75) is 343 Å². The molecule has 0 aliphatic carbocycles. The van der Waals surface area contributed by atoms with E-state index in [1.807, 2.05) is 6.08 Å². The summed E-state index contributed by atoms with van der Waals surface area (Å²) in [4.78, 5) is 13.3. The number of carbonyl (C=O) groups excluding carboxylic acids is 1. The summed E-state index contributed by atoms with van der Waals surface area (Å²) in [5.74, 6) is -0.306. The zero-order chi connectivity index (χ0) is 64.0. The van der Waals surface area contributed by atoms with Gasteiger partial charge in [0.05, 0.1) is 38.6 Å². The molecule has 3 heterocycles. The Morgan fingerprint density at radius 2 is 0.784 bits per heavy atom. The maximum atomic E-state index is 13.3. The van der Waals surface area contributed by atoms with E-state index in [1.54, 1.807) is 6.08 Å². The third-order valence-electron chi connectivity index (χ3n) is 17.0. The number of rotatable bonds is 52. The monoisotopic (exact) mass is 1250 g/mol. The molecule has 0 aromatic carbocycles. The summed E-state index contributed by atoms with van der Waals surface area (Å²) in [5, 5.41) is 120. The number of hydrogen-bond donors (Lipinski definition) is 12. The lowest BCUT2D eigenvalue weighted by molar-refractivity contribution is -0.379. The third kappa shape index (κ3) is 32.9. The van der Waals surface area contributed by atoms with Gasteiger partial charge in [-0.05, 0) is 70.6 Å². The van der Waals surface area contributed by atoms with Gasteiger partial charge in [-0.15, -0.1) is 0 Å². The van der Waals surface area contributed by atoms with Crippen molar-refractivity contribution >= 4 is 5.91 Å². The zero-order valence-electron chi connectivity index (χ0n) is 53.9. The summed E-state index contributed by atoms with van der Waals surface area (Å²) in [6.07, 6.45) is 35.2. The molecule has 3 rings (SSSR count). The van der Waals surface area contributed by atoms with Gasteiger partial charge >= 0.3 is 0 Å². The van der Waals surface area contributed by atoms with Crippen molar-refractivity contribution in [1.29, 1.82) is 0 Å². The largest absolute Gasteiger partial charge is 0.394 e. The zero-order valence-corrected chi connectivity index (χ0v) is 53.9. The van der Waals surface area contributed by atoms with Gasteiger partial charge in [-0.1, -0.05) is 222 Å². The lowest BCUT2D eigenvalue weighted by Crippen LogP contribution is -2.66. The van der Waals surface area contributed by atoms with Crippen molar-refractivity contribution in [3.8, 4) is 0 Å². The van der Waals surface area contributed by atoms with Gasteiger partial charge in [-0.2, -0.15) is 0 Å². The Hall–Kier alpha value is -2.51. The molecule has 0 spiro atoms. The van der Waals surface area contributed by atoms with Crippen LogP contribution in [-0.2, 0) is 33.2 Å². The molecule has 0 saturated carbocycles. The second-order valence-corrected chi connectivity index (χ2v) is 24.6. The molecular formula is C69H123NO18. The average Bonchev–Trinajstić information content (AvgIpc) is 1.80. The summed E-state index contributed by atoms with van der Waals surface area (Å²) in [5.41, 5.74) is 0. The highest BCUT2D eigenvalue weighted by atomic mass is 16.8. The van der Waals surface area contributed by atoms with E-state index in [1.165, 1.54) is 128 Å². The molecule has 3 aliphatic rings. The highest BCUT2D eigenvalue weighted by Gasteiger charge is 2.53. The minimum absolute atomic E-state index is 0.213. The summed E-state index contributed by atoms with van der Waals surface area (Å²) in [7, 11) is 0. The molecule has 3 fully saturated rings. The highest BCUT2D eigenvalue weighted by molar-refractivity contribution is 5.76. The first kappa shape index (κ1) is 79.7. The second kappa shape index (κ2) is 51.0.